The molecule has 0 aromatic heterocycles. The zero-order valence-corrected chi connectivity index (χ0v) is 11.4. The lowest BCUT2D eigenvalue weighted by Crippen LogP contribution is -2.25. The van der Waals surface area contributed by atoms with Crippen molar-refractivity contribution in [3.05, 3.63) is 35.1 Å². The van der Waals surface area contributed by atoms with Crippen molar-refractivity contribution in [2.45, 2.75) is 13.3 Å². The lowest BCUT2D eigenvalue weighted by Gasteiger charge is -2.06. The summed E-state index contributed by atoms with van der Waals surface area (Å²) in [6, 6.07) is 4.06. The number of aliphatic hydroxyl groups is 1. The first-order valence-corrected chi connectivity index (χ1v) is 6.44. The molecule has 1 rings (SSSR count). The van der Waals surface area contributed by atoms with Crippen molar-refractivity contribution >= 4 is 5.91 Å². The number of ether oxygens (including phenoxy) is 1. The Morgan fingerprint density at radius 3 is 2.95 bits per heavy atom. The van der Waals surface area contributed by atoms with Crippen molar-refractivity contribution in [3.8, 4) is 11.8 Å². The van der Waals surface area contributed by atoms with Crippen LogP contribution in [0.15, 0.2) is 18.2 Å². The third-order valence-electron chi connectivity index (χ3n) is 2.49. The van der Waals surface area contributed by atoms with Gasteiger partial charge in [0.2, 0.25) is 0 Å². The van der Waals surface area contributed by atoms with Gasteiger partial charge in [-0.3, -0.25) is 4.79 Å². The van der Waals surface area contributed by atoms with Crippen LogP contribution in [0.3, 0.4) is 0 Å². The van der Waals surface area contributed by atoms with Gasteiger partial charge in [0.15, 0.2) is 0 Å². The first-order valence-electron chi connectivity index (χ1n) is 6.44. The molecule has 108 valence electrons. The summed E-state index contributed by atoms with van der Waals surface area (Å²) in [7, 11) is 0. The SMILES string of the molecule is CCOCCCNC(=O)c1ccc(C#CCO)c(F)c1. The van der Waals surface area contributed by atoms with Gasteiger partial charge >= 0.3 is 0 Å². The van der Waals surface area contributed by atoms with Crippen molar-refractivity contribution in [3.63, 3.8) is 0 Å². The minimum absolute atomic E-state index is 0.159. The predicted molar refractivity (Wildman–Crippen MR) is 73.8 cm³/mol. The minimum atomic E-state index is -0.576. The van der Waals surface area contributed by atoms with Gasteiger partial charge in [0, 0.05) is 25.3 Å². The second kappa shape index (κ2) is 9.08. The maximum atomic E-state index is 13.6. The summed E-state index contributed by atoms with van der Waals surface area (Å²) in [6.45, 7) is 3.28. The molecule has 1 aromatic carbocycles. The molecule has 2 N–H and O–H groups in total. The van der Waals surface area contributed by atoms with Crippen molar-refractivity contribution < 1.29 is 19.0 Å². The number of nitrogens with one attached hydrogen (secondary N) is 1. The first-order chi connectivity index (χ1) is 9.69. The highest BCUT2D eigenvalue weighted by Crippen LogP contribution is 2.09. The molecule has 0 bridgehead atoms. The Labute approximate surface area is 117 Å². The molecule has 0 atom stereocenters. The third kappa shape index (κ3) is 5.39. The number of hydrogen-bond donors (Lipinski definition) is 2. The monoisotopic (exact) mass is 279 g/mol. The number of halogens is 1. The zero-order chi connectivity index (χ0) is 14.8. The molecule has 0 aliphatic carbocycles. The molecule has 20 heavy (non-hydrogen) atoms. The average molecular weight is 279 g/mol. The topological polar surface area (TPSA) is 58.6 Å². The number of hydrogen-bond acceptors (Lipinski definition) is 3. The van der Waals surface area contributed by atoms with Crippen LogP contribution in [-0.4, -0.2) is 37.4 Å². The molecule has 5 heteroatoms. The van der Waals surface area contributed by atoms with Crippen LogP contribution in [0, 0.1) is 17.7 Å². The van der Waals surface area contributed by atoms with Gasteiger partial charge in [0.1, 0.15) is 12.4 Å². The Balaban J connectivity index is 2.54. The van der Waals surface area contributed by atoms with E-state index in [-0.39, 0.29) is 23.6 Å². The number of amides is 1. The molecule has 0 aliphatic heterocycles. The van der Waals surface area contributed by atoms with Crippen LogP contribution < -0.4 is 5.32 Å². The van der Waals surface area contributed by atoms with Gasteiger partial charge in [-0.1, -0.05) is 11.8 Å². The number of rotatable bonds is 6. The molecule has 0 heterocycles. The zero-order valence-electron chi connectivity index (χ0n) is 11.4. The largest absolute Gasteiger partial charge is 0.384 e. The van der Waals surface area contributed by atoms with Gasteiger partial charge in [-0.25, -0.2) is 4.39 Å². The summed E-state index contributed by atoms with van der Waals surface area (Å²) in [5.41, 5.74) is 0.403. The van der Waals surface area contributed by atoms with Crippen LogP contribution in [-0.2, 0) is 4.74 Å². The smallest absolute Gasteiger partial charge is 0.251 e. The number of benzene rings is 1. The summed E-state index contributed by atoms with van der Waals surface area (Å²) in [6.07, 6.45) is 0.710. The van der Waals surface area contributed by atoms with E-state index in [1.54, 1.807) is 0 Å². The van der Waals surface area contributed by atoms with Gasteiger partial charge in [0.05, 0.1) is 5.56 Å². The van der Waals surface area contributed by atoms with E-state index in [0.29, 0.717) is 26.2 Å². The van der Waals surface area contributed by atoms with E-state index in [1.807, 2.05) is 6.92 Å². The van der Waals surface area contributed by atoms with E-state index in [9.17, 15) is 9.18 Å². The Kier molecular flexibility index (Phi) is 7.33. The van der Waals surface area contributed by atoms with E-state index >= 15 is 0 Å². The van der Waals surface area contributed by atoms with Crippen LogP contribution in [0.2, 0.25) is 0 Å². The molecule has 1 aromatic rings. The van der Waals surface area contributed by atoms with E-state index in [2.05, 4.69) is 17.2 Å². The molecule has 0 aliphatic rings. The summed E-state index contributed by atoms with van der Waals surface area (Å²) < 4.78 is 18.8. The van der Waals surface area contributed by atoms with Crippen LogP contribution in [0.1, 0.15) is 29.3 Å². The molecular formula is C15H18FNO3. The highest BCUT2D eigenvalue weighted by atomic mass is 19.1. The molecule has 0 radical (unpaired) electrons. The maximum Gasteiger partial charge on any atom is 0.251 e. The van der Waals surface area contributed by atoms with E-state index in [1.165, 1.54) is 12.1 Å². The number of aliphatic hydroxyl groups excluding tert-OH is 1. The third-order valence-corrected chi connectivity index (χ3v) is 2.49. The Morgan fingerprint density at radius 2 is 2.30 bits per heavy atom. The fraction of sp³-hybridized carbons (Fsp3) is 0.400. The molecule has 4 nitrogen and oxygen atoms in total. The van der Waals surface area contributed by atoms with Gasteiger partial charge in [0.25, 0.3) is 5.91 Å². The Hall–Kier alpha value is -1.90. The highest BCUT2D eigenvalue weighted by Gasteiger charge is 2.08. The van der Waals surface area contributed by atoms with Gasteiger partial charge < -0.3 is 15.2 Å². The van der Waals surface area contributed by atoms with Crippen LogP contribution in [0.4, 0.5) is 4.39 Å². The lowest BCUT2D eigenvalue weighted by molar-refractivity contribution is 0.0944. The van der Waals surface area contributed by atoms with Crippen LogP contribution in [0.5, 0.6) is 0 Å². The van der Waals surface area contributed by atoms with Crippen molar-refractivity contribution in [2.75, 3.05) is 26.4 Å². The van der Waals surface area contributed by atoms with E-state index in [4.69, 9.17) is 9.84 Å². The lowest BCUT2D eigenvalue weighted by atomic mass is 10.1. The molecule has 0 spiro atoms. The standard InChI is InChI=1S/C15H18FNO3/c1-2-20-10-4-8-17-15(19)13-7-6-12(5-3-9-18)14(16)11-13/h6-7,11,18H,2,4,8-10H2,1H3,(H,17,19). The fourth-order valence-electron chi connectivity index (χ4n) is 1.52. The second-order valence-corrected chi connectivity index (χ2v) is 3.96. The Bertz CT molecular complexity index is 506. The number of carbonyl (C=O) groups is 1. The van der Waals surface area contributed by atoms with Gasteiger partial charge in [-0.15, -0.1) is 0 Å². The highest BCUT2D eigenvalue weighted by molar-refractivity contribution is 5.94. The van der Waals surface area contributed by atoms with Crippen LogP contribution >= 0.6 is 0 Å². The summed E-state index contributed by atoms with van der Waals surface area (Å²) in [5.74, 6) is 3.92. The number of carbonyl (C=O) groups excluding carboxylic acids is 1. The van der Waals surface area contributed by atoms with Gasteiger partial charge in [-0.05, 0) is 31.5 Å². The molecule has 0 unspecified atom stereocenters. The maximum absolute atomic E-state index is 13.6. The van der Waals surface area contributed by atoms with E-state index in [0.717, 1.165) is 6.07 Å². The van der Waals surface area contributed by atoms with Crippen molar-refractivity contribution in [1.82, 2.24) is 5.32 Å². The molecular weight excluding hydrogens is 261 g/mol. The first kappa shape index (κ1) is 16.2. The molecule has 0 fully saturated rings. The average Bonchev–Trinajstić information content (AvgIpc) is 2.45. The summed E-state index contributed by atoms with van der Waals surface area (Å²) in [5, 5.41) is 11.2. The van der Waals surface area contributed by atoms with Gasteiger partial charge in [-0.2, -0.15) is 0 Å². The Morgan fingerprint density at radius 1 is 1.50 bits per heavy atom. The predicted octanol–water partition coefficient (Wildman–Crippen LogP) is 1.33. The quantitative estimate of drug-likeness (QED) is 0.610. The normalized spacial score (nSPS) is 9.75. The van der Waals surface area contributed by atoms with Crippen molar-refractivity contribution in [1.29, 1.82) is 0 Å². The van der Waals surface area contributed by atoms with Crippen LogP contribution in [0.25, 0.3) is 0 Å². The van der Waals surface area contributed by atoms with E-state index < -0.39 is 5.82 Å². The molecule has 0 saturated heterocycles. The molecule has 0 saturated carbocycles. The summed E-state index contributed by atoms with van der Waals surface area (Å²) >= 11 is 0. The summed E-state index contributed by atoms with van der Waals surface area (Å²) in [4.78, 5) is 11.8. The second-order valence-electron chi connectivity index (χ2n) is 3.96. The fourth-order valence-corrected chi connectivity index (χ4v) is 1.52. The molecule has 1 amide bonds. The minimum Gasteiger partial charge on any atom is -0.384 e. The van der Waals surface area contributed by atoms with Crippen molar-refractivity contribution in [2.24, 2.45) is 0 Å².